The first-order valence-electron chi connectivity index (χ1n) is 1.15. The second-order valence-electron chi connectivity index (χ2n) is 0.568. The Bertz CT molecular complexity index is 42.9. The van der Waals surface area contributed by atoms with Gasteiger partial charge in [0.05, 0.1) is 9.83 Å². The van der Waals surface area contributed by atoms with E-state index in [9.17, 15) is 4.21 Å². The molecule has 0 fully saturated rings. The Labute approximate surface area is 38.0 Å². The van der Waals surface area contributed by atoms with Gasteiger partial charge < -0.3 is 0 Å². The summed E-state index contributed by atoms with van der Waals surface area (Å²) in [7, 11) is 0.696. The Morgan fingerprint density at radius 3 is 2.00 bits per heavy atom. The van der Waals surface area contributed by atoms with Crippen LogP contribution in [0.4, 0.5) is 0 Å². The van der Waals surface area contributed by atoms with Crippen LogP contribution in [0.3, 0.4) is 0 Å². The highest BCUT2D eigenvalue weighted by atomic mass is 33.1. The molecule has 0 aromatic rings. The molecular weight excluding hydrogens is 104 g/mol. The first kappa shape index (κ1) is 5.50. The van der Waals surface area contributed by atoms with E-state index in [1.165, 1.54) is 10.8 Å². The lowest BCUT2D eigenvalue weighted by Gasteiger charge is -1.74. The Morgan fingerprint density at radius 1 is 1.80 bits per heavy atom. The zero-order chi connectivity index (χ0) is 4.28. The third-order valence-electron chi connectivity index (χ3n) is 0.235. The molecule has 0 saturated heterocycles. The monoisotopic (exact) mass is 110 g/mol. The molecule has 5 heavy (non-hydrogen) atoms. The molecule has 0 radical (unpaired) electrons. The van der Waals surface area contributed by atoms with E-state index in [2.05, 4.69) is 0 Å². The summed E-state index contributed by atoms with van der Waals surface area (Å²) in [6.45, 7) is 0. The van der Waals surface area contributed by atoms with Crippen LogP contribution in [0.25, 0.3) is 0 Å². The van der Waals surface area contributed by atoms with E-state index in [0.29, 0.717) is 0 Å². The van der Waals surface area contributed by atoms with Gasteiger partial charge in [-0.25, -0.2) is 4.21 Å². The largest absolute Gasteiger partial charge is 0.248 e. The Balaban J connectivity index is 2.85. The number of hydrogen-bond acceptors (Lipinski definition) is 2. The molecule has 0 aliphatic rings. The van der Waals surface area contributed by atoms with E-state index in [4.69, 9.17) is 0 Å². The molecule has 0 aliphatic carbocycles. The van der Waals surface area contributed by atoms with Crippen molar-refractivity contribution in [3.05, 3.63) is 0 Å². The van der Waals surface area contributed by atoms with Crippen molar-refractivity contribution in [3.8, 4) is 0 Å². The van der Waals surface area contributed by atoms with Gasteiger partial charge in [0.15, 0.2) is 0 Å². The standard InChI is InChI=1S/C2H6OS2/c1-4-5(2)3/h1-2H3/t5-/m0/s1. The lowest BCUT2D eigenvalue weighted by atomic mass is 12.0. The quantitative estimate of drug-likeness (QED) is 0.461. The van der Waals surface area contributed by atoms with Gasteiger partial charge in [-0.2, -0.15) is 0 Å². The normalized spacial score (nSPS) is 14.8. The van der Waals surface area contributed by atoms with Gasteiger partial charge in [0.1, 0.15) is 0 Å². The van der Waals surface area contributed by atoms with Crippen LogP contribution in [0.1, 0.15) is 0 Å². The SMILES string of the molecule is CS[S@@](C)=O. The van der Waals surface area contributed by atoms with Crippen molar-refractivity contribution in [2.75, 3.05) is 12.5 Å². The summed E-state index contributed by atoms with van der Waals surface area (Å²) < 4.78 is 9.89. The van der Waals surface area contributed by atoms with Crippen LogP contribution in [-0.2, 0) is 9.83 Å². The van der Waals surface area contributed by atoms with Crippen molar-refractivity contribution in [2.24, 2.45) is 0 Å². The summed E-state index contributed by atoms with van der Waals surface area (Å²) in [5, 5.41) is 0. The fraction of sp³-hybridized carbons (Fsp3) is 1.00. The highest BCUT2D eigenvalue weighted by molar-refractivity contribution is 8.68. The molecule has 0 aromatic carbocycles. The molecule has 0 saturated carbocycles. The maximum atomic E-state index is 9.89. The van der Waals surface area contributed by atoms with Gasteiger partial charge in [-0.3, -0.25) is 0 Å². The maximum absolute atomic E-state index is 9.89. The van der Waals surface area contributed by atoms with E-state index in [0.717, 1.165) is 0 Å². The maximum Gasteiger partial charge on any atom is 0.0769 e. The van der Waals surface area contributed by atoms with E-state index in [1.807, 2.05) is 6.26 Å². The van der Waals surface area contributed by atoms with Crippen LogP contribution in [0, 0.1) is 0 Å². The van der Waals surface area contributed by atoms with Crippen LogP contribution < -0.4 is 0 Å². The Kier molecular flexibility index (Phi) is 2.99. The lowest BCUT2D eigenvalue weighted by Crippen LogP contribution is -1.67. The van der Waals surface area contributed by atoms with Gasteiger partial charge in [-0.1, -0.05) is 10.8 Å². The average molecular weight is 110 g/mol. The first-order valence-corrected chi connectivity index (χ1v) is 4.45. The van der Waals surface area contributed by atoms with Crippen LogP contribution in [-0.4, -0.2) is 16.7 Å². The second kappa shape index (κ2) is 2.72. The molecule has 0 aliphatic heterocycles. The van der Waals surface area contributed by atoms with Crippen LogP contribution in [0.2, 0.25) is 0 Å². The van der Waals surface area contributed by atoms with Crippen LogP contribution in [0.15, 0.2) is 0 Å². The molecule has 0 amide bonds. The molecular formula is C2H6OS2. The highest BCUT2D eigenvalue weighted by Crippen LogP contribution is 1.93. The molecule has 1 nitrogen and oxygen atoms in total. The zero-order valence-electron chi connectivity index (χ0n) is 3.22. The number of hydrogen-bond donors (Lipinski definition) is 0. The molecule has 0 unspecified atom stereocenters. The lowest BCUT2D eigenvalue weighted by molar-refractivity contribution is 0.695. The first-order chi connectivity index (χ1) is 2.27. The van der Waals surface area contributed by atoms with Crippen molar-refractivity contribution in [1.29, 1.82) is 0 Å². The minimum absolute atomic E-state index is 0.656. The van der Waals surface area contributed by atoms with Gasteiger partial charge in [0.2, 0.25) is 0 Å². The molecule has 0 aromatic heterocycles. The van der Waals surface area contributed by atoms with Gasteiger partial charge >= 0.3 is 0 Å². The van der Waals surface area contributed by atoms with Gasteiger partial charge in [0, 0.05) is 6.26 Å². The summed E-state index contributed by atoms with van der Waals surface area (Å²) in [5.74, 6) is 0. The topological polar surface area (TPSA) is 17.1 Å². The molecule has 0 heterocycles. The van der Waals surface area contributed by atoms with Crippen LogP contribution in [0.5, 0.6) is 0 Å². The Hall–Kier alpha value is 0.500. The predicted molar refractivity (Wildman–Crippen MR) is 27.6 cm³/mol. The van der Waals surface area contributed by atoms with E-state index >= 15 is 0 Å². The highest BCUT2D eigenvalue weighted by Gasteiger charge is 1.73. The van der Waals surface area contributed by atoms with Gasteiger partial charge in [-0.05, 0) is 6.26 Å². The third-order valence-corrected chi connectivity index (χ3v) is 2.11. The predicted octanol–water partition coefficient (Wildman–Crippen LogP) is 0.643. The van der Waals surface area contributed by atoms with Crippen molar-refractivity contribution in [3.63, 3.8) is 0 Å². The minimum Gasteiger partial charge on any atom is -0.248 e. The zero-order valence-corrected chi connectivity index (χ0v) is 4.86. The van der Waals surface area contributed by atoms with Crippen LogP contribution >= 0.6 is 10.8 Å². The average Bonchev–Trinajstić information content (AvgIpc) is 1.38. The summed E-state index contributed by atoms with van der Waals surface area (Å²) >= 11 is 0. The van der Waals surface area contributed by atoms with Crippen molar-refractivity contribution in [2.45, 2.75) is 0 Å². The fourth-order valence-corrected chi connectivity index (χ4v) is 0. The summed E-state index contributed by atoms with van der Waals surface area (Å²) in [6.07, 6.45) is 3.47. The van der Waals surface area contributed by atoms with E-state index < -0.39 is 9.83 Å². The summed E-state index contributed by atoms with van der Waals surface area (Å²) in [5.41, 5.74) is 0. The molecule has 32 valence electrons. The molecule has 0 N–H and O–H groups in total. The van der Waals surface area contributed by atoms with Gasteiger partial charge in [-0.15, -0.1) is 0 Å². The second-order valence-corrected chi connectivity index (χ2v) is 4.11. The molecule has 0 spiro atoms. The molecule has 1 atom stereocenters. The van der Waals surface area contributed by atoms with Gasteiger partial charge in [0.25, 0.3) is 0 Å². The van der Waals surface area contributed by atoms with Crippen molar-refractivity contribution in [1.82, 2.24) is 0 Å². The minimum atomic E-state index is -0.656. The Morgan fingerprint density at radius 2 is 2.00 bits per heavy atom. The fourth-order valence-electron chi connectivity index (χ4n) is 0. The third kappa shape index (κ3) is 4.50. The molecule has 0 bridgehead atoms. The van der Waals surface area contributed by atoms with E-state index in [1.54, 1.807) is 6.26 Å². The van der Waals surface area contributed by atoms with Crippen molar-refractivity contribution < 1.29 is 4.21 Å². The van der Waals surface area contributed by atoms with E-state index in [-0.39, 0.29) is 0 Å². The summed E-state index contributed by atoms with van der Waals surface area (Å²) in [6, 6.07) is 0. The number of rotatable bonds is 1. The smallest absolute Gasteiger partial charge is 0.0769 e. The molecule has 3 heteroatoms. The molecule has 0 rings (SSSR count). The summed E-state index contributed by atoms with van der Waals surface area (Å²) in [4.78, 5) is 0. The van der Waals surface area contributed by atoms with Crippen molar-refractivity contribution >= 4 is 20.6 Å².